The van der Waals surface area contributed by atoms with Gasteiger partial charge in [0.1, 0.15) is 5.75 Å². The van der Waals surface area contributed by atoms with Gasteiger partial charge in [0.25, 0.3) is 5.91 Å². The largest absolute Gasteiger partial charge is 0.494 e. The molecule has 0 saturated carbocycles. The minimum absolute atomic E-state index is 0.148. The van der Waals surface area contributed by atoms with E-state index in [0.29, 0.717) is 65.9 Å². The van der Waals surface area contributed by atoms with Gasteiger partial charge in [0, 0.05) is 18.8 Å². The molecule has 0 bridgehead atoms. The zero-order chi connectivity index (χ0) is 26.6. The topological polar surface area (TPSA) is 128 Å². The lowest BCUT2D eigenvalue weighted by Crippen LogP contribution is -2.43. The molecule has 1 fully saturated rings. The first kappa shape index (κ1) is 27.9. The van der Waals surface area contributed by atoms with Gasteiger partial charge in [-0.05, 0) is 64.3 Å². The van der Waals surface area contributed by atoms with Gasteiger partial charge >= 0.3 is 11.8 Å². The Kier molecular flexibility index (Phi) is 10.7. The van der Waals surface area contributed by atoms with Crippen LogP contribution in [0.4, 0.5) is 5.69 Å². The van der Waals surface area contributed by atoms with Crippen molar-refractivity contribution in [1.82, 2.24) is 10.3 Å². The predicted molar refractivity (Wildman–Crippen MR) is 140 cm³/mol. The van der Waals surface area contributed by atoms with Crippen molar-refractivity contribution in [2.24, 2.45) is 5.10 Å². The van der Waals surface area contributed by atoms with Crippen molar-refractivity contribution in [3.8, 4) is 17.2 Å². The smallest absolute Gasteiger partial charge is 0.329 e. The Balaban J connectivity index is 1.53. The monoisotopic (exact) mass is 576 g/mol. The third kappa shape index (κ3) is 8.46. The molecular weight excluding hydrogens is 548 g/mol. The van der Waals surface area contributed by atoms with E-state index in [1.54, 1.807) is 41.3 Å². The Morgan fingerprint density at radius 3 is 2.51 bits per heavy atom. The van der Waals surface area contributed by atoms with Crippen molar-refractivity contribution >= 4 is 45.6 Å². The summed E-state index contributed by atoms with van der Waals surface area (Å²) in [6.07, 6.45) is 2.23. The summed E-state index contributed by atoms with van der Waals surface area (Å²) in [5, 5.41) is 6.33. The summed E-state index contributed by atoms with van der Waals surface area (Å²) in [5.41, 5.74) is 3.19. The molecule has 11 nitrogen and oxygen atoms in total. The van der Waals surface area contributed by atoms with Gasteiger partial charge in [0.2, 0.25) is 0 Å². The van der Waals surface area contributed by atoms with E-state index in [-0.39, 0.29) is 12.5 Å². The molecule has 0 aromatic heterocycles. The number of benzene rings is 2. The number of carbonyl (C=O) groups is 3. The van der Waals surface area contributed by atoms with Gasteiger partial charge in [-0.15, -0.1) is 0 Å². The Morgan fingerprint density at radius 2 is 1.84 bits per heavy atom. The van der Waals surface area contributed by atoms with Crippen LogP contribution in [0.5, 0.6) is 17.2 Å². The van der Waals surface area contributed by atoms with Gasteiger partial charge in [0.05, 0.1) is 37.6 Å². The van der Waals surface area contributed by atoms with Crippen molar-refractivity contribution in [1.29, 1.82) is 0 Å². The lowest BCUT2D eigenvalue weighted by molar-refractivity contribution is -0.137. The first-order valence-electron chi connectivity index (χ1n) is 11.6. The number of hydrogen-bond donors (Lipinski definition) is 2. The normalized spacial score (nSPS) is 13.2. The molecule has 3 rings (SSSR count). The molecular formula is C25H29BrN4O7. The van der Waals surface area contributed by atoms with E-state index in [4.69, 9.17) is 18.9 Å². The molecule has 1 aliphatic heterocycles. The van der Waals surface area contributed by atoms with Crippen molar-refractivity contribution in [2.75, 3.05) is 51.9 Å². The number of halogens is 1. The molecule has 1 aliphatic rings. The zero-order valence-electron chi connectivity index (χ0n) is 20.6. The van der Waals surface area contributed by atoms with Crippen molar-refractivity contribution in [3.63, 3.8) is 0 Å². The number of nitrogens with one attached hydrogen (secondary N) is 2. The van der Waals surface area contributed by atoms with E-state index in [9.17, 15) is 14.4 Å². The molecule has 198 valence electrons. The number of amides is 3. The number of hydrogen-bond acceptors (Lipinski definition) is 8. The number of rotatable bonds is 10. The maximum Gasteiger partial charge on any atom is 0.329 e. The number of morpholine rings is 1. The zero-order valence-corrected chi connectivity index (χ0v) is 22.2. The fraction of sp³-hybridized carbons (Fsp3) is 0.360. The minimum atomic E-state index is -0.935. The second kappa shape index (κ2) is 14.2. The van der Waals surface area contributed by atoms with Gasteiger partial charge in [-0.1, -0.05) is 6.92 Å². The second-order valence-electron chi connectivity index (χ2n) is 7.84. The highest BCUT2D eigenvalue weighted by atomic mass is 79.9. The summed E-state index contributed by atoms with van der Waals surface area (Å²) in [7, 11) is 1.47. The number of nitrogens with zero attached hydrogens (tertiary/aromatic N) is 2. The molecule has 0 aliphatic carbocycles. The van der Waals surface area contributed by atoms with Gasteiger partial charge in [0.15, 0.2) is 18.1 Å². The van der Waals surface area contributed by atoms with E-state index < -0.39 is 11.8 Å². The van der Waals surface area contributed by atoms with Crippen molar-refractivity contribution < 1.29 is 33.3 Å². The van der Waals surface area contributed by atoms with E-state index in [2.05, 4.69) is 31.8 Å². The standard InChI is InChI=1S/C25H29BrN4O7/c1-3-10-36-19-6-4-18(5-7-19)28-24(32)25(33)29-27-15-17-13-20(26)23(21(14-17)34-2)37-16-22(31)30-8-11-35-12-9-30/h4-7,13-15H,3,8-12,16H2,1-2H3,(H,28,32)(H,29,33)/b27-15-. The maximum atomic E-state index is 12.4. The summed E-state index contributed by atoms with van der Waals surface area (Å²) < 4.78 is 22.4. The van der Waals surface area contributed by atoms with Crippen LogP contribution in [0.25, 0.3) is 0 Å². The second-order valence-corrected chi connectivity index (χ2v) is 8.70. The van der Waals surface area contributed by atoms with Crippen molar-refractivity contribution in [2.45, 2.75) is 13.3 Å². The number of carbonyl (C=O) groups excluding carboxylic acids is 3. The molecule has 37 heavy (non-hydrogen) atoms. The summed E-state index contributed by atoms with van der Waals surface area (Å²) in [5.74, 6) is -0.556. The van der Waals surface area contributed by atoms with Crippen LogP contribution in [0.15, 0.2) is 46.0 Å². The third-order valence-corrected chi connectivity index (χ3v) is 5.72. The Bertz CT molecular complexity index is 1120. The van der Waals surface area contributed by atoms with Gasteiger partial charge in [-0.3, -0.25) is 14.4 Å². The molecule has 1 saturated heterocycles. The van der Waals surface area contributed by atoms with E-state index >= 15 is 0 Å². The molecule has 2 N–H and O–H groups in total. The molecule has 3 amide bonds. The van der Waals surface area contributed by atoms with Crippen molar-refractivity contribution in [3.05, 3.63) is 46.4 Å². The molecule has 2 aromatic carbocycles. The molecule has 2 aromatic rings. The fourth-order valence-corrected chi connectivity index (χ4v) is 3.83. The van der Waals surface area contributed by atoms with E-state index in [1.807, 2.05) is 6.92 Å². The number of methoxy groups -OCH3 is 1. The van der Waals surface area contributed by atoms with Gasteiger partial charge in [-0.25, -0.2) is 5.43 Å². The number of ether oxygens (including phenoxy) is 4. The average molecular weight is 577 g/mol. The lowest BCUT2D eigenvalue weighted by atomic mass is 10.2. The summed E-state index contributed by atoms with van der Waals surface area (Å²) >= 11 is 3.41. The van der Waals surface area contributed by atoms with E-state index in [1.165, 1.54) is 13.3 Å². The first-order valence-corrected chi connectivity index (χ1v) is 12.4. The third-order valence-electron chi connectivity index (χ3n) is 5.13. The van der Waals surface area contributed by atoms with Crippen LogP contribution in [-0.4, -0.2) is 75.5 Å². The van der Waals surface area contributed by atoms with E-state index in [0.717, 1.165) is 6.42 Å². The van der Waals surface area contributed by atoms with Crippen LogP contribution in [-0.2, 0) is 19.1 Å². The van der Waals surface area contributed by atoms with Crippen LogP contribution in [0, 0.1) is 0 Å². The molecule has 0 spiro atoms. The quantitative estimate of drug-likeness (QED) is 0.253. The van der Waals surface area contributed by atoms with Crippen LogP contribution >= 0.6 is 15.9 Å². The Morgan fingerprint density at radius 1 is 1.11 bits per heavy atom. The van der Waals surface area contributed by atoms with Crippen LogP contribution in [0.1, 0.15) is 18.9 Å². The van der Waals surface area contributed by atoms with Crippen LogP contribution in [0.2, 0.25) is 0 Å². The fourth-order valence-electron chi connectivity index (χ4n) is 3.25. The van der Waals surface area contributed by atoms with Crippen LogP contribution < -0.4 is 25.0 Å². The van der Waals surface area contributed by atoms with Gasteiger partial charge < -0.3 is 29.2 Å². The highest BCUT2D eigenvalue weighted by Crippen LogP contribution is 2.36. The summed E-state index contributed by atoms with van der Waals surface area (Å²) in [6.45, 7) is 4.52. The minimum Gasteiger partial charge on any atom is -0.494 e. The summed E-state index contributed by atoms with van der Waals surface area (Å²) in [4.78, 5) is 38.3. The highest BCUT2D eigenvalue weighted by Gasteiger charge is 2.19. The number of anilines is 1. The van der Waals surface area contributed by atoms with Crippen LogP contribution in [0.3, 0.4) is 0 Å². The van der Waals surface area contributed by atoms with Gasteiger partial charge in [-0.2, -0.15) is 5.10 Å². The average Bonchev–Trinajstić information content (AvgIpc) is 2.92. The predicted octanol–water partition coefficient (Wildman–Crippen LogP) is 2.57. The summed E-state index contributed by atoms with van der Waals surface area (Å²) in [6, 6.07) is 9.99. The SMILES string of the molecule is CCCOc1ccc(NC(=O)C(=O)N/N=C\c2cc(Br)c(OCC(=O)N3CCOCC3)c(OC)c2)cc1. The molecule has 0 atom stereocenters. The Labute approximate surface area is 223 Å². The number of hydrazone groups is 1. The molecule has 0 unspecified atom stereocenters. The lowest BCUT2D eigenvalue weighted by Gasteiger charge is -2.26. The molecule has 0 radical (unpaired) electrons. The first-order chi connectivity index (χ1) is 17.9. The Hall–Kier alpha value is -3.64. The maximum absolute atomic E-state index is 12.4. The molecule has 12 heteroatoms. The molecule has 1 heterocycles. The highest BCUT2D eigenvalue weighted by molar-refractivity contribution is 9.10.